The van der Waals surface area contributed by atoms with Gasteiger partial charge in [0, 0.05) is 31.0 Å². The number of amides is 2. The number of nitrogens with one attached hydrogen (secondary N) is 1. The number of nitrogens with zero attached hydrogens (tertiary/aromatic N) is 1. The molecule has 0 aromatic rings. The van der Waals surface area contributed by atoms with Gasteiger partial charge in [0.2, 0.25) is 11.8 Å². The van der Waals surface area contributed by atoms with Crippen molar-refractivity contribution in [1.29, 1.82) is 0 Å². The lowest BCUT2D eigenvalue weighted by Gasteiger charge is -2.36. The number of likely N-dealkylation sites (tertiary alicyclic amines) is 1. The van der Waals surface area contributed by atoms with Crippen molar-refractivity contribution in [2.75, 3.05) is 19.6 Å². The molecule has 0 saturated carbocycles. The van der Waals surface area contributed by atoms with E-state index >= 15 is 0 Å². The fourth-order valence-corrected chi connectivity index (χ4v) is 2.84. The number of carbonyl (C=O) groups excluding carboxylic acids is 2. The van der Waals surface area contributed by atoms with Gasteiger partial charge in [-0.05, 0) is 25.7 Å². The van der Waals surface area contributed by atoms with Crippen LogP contribution in [0.3, 0.4) is 0 Å². The number of carbonyl (C=O) groups is 2. The third-order valence-electron chi connectivity index (χ3n) is 5.09. The maximum atomic E-state index is 12.3. The summed E-state index contributed by atoms with van der Waals surface area (Å²) in [5.41, 5.74) is -1.25. The largest absolute Gasteiger partial charge is 0.388 e. The van der Waals surface area contributed by atoms with Crippen molar-refractivity contribution in [3.63, 3.8) is 0 Å². The zero-order valence-electron chi connectivity index (χ0n) is 15.6. The molecule has 5 nitrogen and oxygen atoms in total. The molecule has 0 spiro atoms. The first kappa shape index (κ1) is 19.9. The van der Waals surface area contributed by atoms with E-state index in [0.717, 1.165) is 6.42 Å². The predicted molar refractivity (Wildman–Crippen MR) is 91.8 cm³/mol. The van der Waals surface area contributed by atoms with Gasteiger partial charge in [-0.2, -0.15) is 0 Å². The first-order valence-corrected chi connectivity index (χ1v) is 8.78. The topological polar surface area (TPSA) is 69.6 Å². The second-order valence-electron chi connectivity index (χ2n) is 8.20. The lowest BCUT2D eigenvalue weighted by atomic mass is 9.88. The van der Waals surface area contributed by atoms with Gasteiger partial charge in [-0.1, -0.05) is 41.0 Å². The molecule has 1 heterocycles. The van der Waals surface area contributed by atoms with Crippen molar-refractivity contribution in [1.82, 2.24) is 10.2 Å². The Hall–Kier alpha value is -1.10. The average molecular weight is 326 g/mol. The Morgan fingerprint density at radius 1 is 1.22 bits per heavy atom. The summed E-state index contributed by atoms with van der Waals surface area (Å²) in [6.45, 7) is 13.1. The molecule has 1 aliphatic rings. The van der Waals surface area contributed by atoms with Crippen LogP contribution in [0, 0.1) is 17.3 Å². The van der Waals surface area contributed by atoms with E-state index in [2.05, 4.69) is 5.32 Å². The monoisotopic (exact) mass is 326 g/mol. The van der Waals surface area contributed by atoms with Crippen molar-refractivity contribution in [2.24, 2.45) is 17.3 Å². The summed E-state index contributed by atoms with van der Waals surface area (Å²) in [4.78, 5) is 26.4. The van der Waals surface area contributed by atoms with Crippen molar-refractivity contribution in [3.8, 4) is 0 Å². The predicted octanol–water partition coefficient (Wildman–Crippen LogP) is 2.18. The van der Waals surface area contributed by atoms with E-state index in [1.54, 1.807) is 6.92 Å². The first-order chi connectivity index (χ1) is 10.5. The smallest absolute Gasteiger partial charge is 0.227 e. The highest BCUT2D eigenvalue weighted by atomic mass is 16.3. The number of rotatable bonds is 5. The molecule has 1 aliphatic heterocycles. The van der Waals surface area contributed by atoms with Crippen molar-refractivity contribution in [2.45, 2.75) is 66.4 Å². The van der Waals surface area contributed by atoms with E-state index in [0.29, 0.717) is 25.9 Å². The number of hydrogen-bond acceptors (Lipinski definition) is 3. The molecule has 0 bridgehead atoms. The summed E-state index contributed by atoms with van der Waals surface area (Å²) in [7, 11) is 0. The minimum atomic E-state index is -0.882. The lowest BCUT2D eigenvalue weighted by Crippen LogP contribution is -2.49. The maximum Gasteiger partial charge on any atom is 0.227 e. The maximum absolute atomic E-state index is 12.3. The highest BCUT2D eigenvalue weighted by Crippen LogP contribution is 2.24. The third-order valence-corrected chi connectivity index (χ3v) is 5.09. The third kappa shape index (κ3) is 5.48. The van der Waals surface area contributed by atoms with Crippen LogP contribution >= 0.6 is 0 Å². The molecular weight excluding hydrogens is 292 g/mol. The number of piperidine rings is 1. The molecule has 1 fully saturated rings. The quantitative estimate of drug-likeness (QED) is 0.813. The number of aliphatic hydroxyl groups is 1. The van der Waals surface area contributed by atoms with E-state index in [1.165, 1.54) is 0 Å². The molecular formula is C18H34N2O3. The van der Waals surface area contributed by atoms with E-state index in [9.17, 15) is 14.7 Å². The molecule has 1 saturated heterocycles. The normalized spacial score (nSPS) is 20.7. The van der Waals surface area contributed by atoms with Crippen molar-refractivity contribution >= 4 is 11.8 Å². The van der Waals surface area contributed by atoms with E-state index in [4.69, 9.17) is 0 Å². The van der Waals surface area contributed by atoms with Gasteiger partial charge in [-0.3, -0.25) is 9.59 Å². The molecule has 2 atom stereocenters. The fourth-order valence-electron chi connectivity index (χ4n) is 2.84. The van der Waals surface area contributed by atoms with E-state index in [-0.39, 0.29) is 35.6 Å². The van der Waals surface area contributed by atoms with Crippen LogP contribution in [-0.2, 0) is 9.59 Å². The van der Waals surface area contributed by atoms with E-state index in [1.807, 2.05) is 39.5 Å². The highest BCUT2D eigenvalue weighted by molar-refractivity contribution is 5.82. The Labute approximate surface area is 140 Å². The zero-order valence-corrected chi connectivity index (χ0v) is 15.6. The van der Waals surface area contributed by atoms with Gasteiger partial charge in [-0.25, -0.2) is 0 Å². The second kappa shape index (κ2) is 7.65. The van der Waals surface area contributed by atoms with Crippen LogP contribution in [-0.4, -0.2) is 47.1 Å². The van der Waals surface area contributed by atoms with Crippen LogP contribution in [0.4, 0.5) is 0 Å². The van der Waals surface area contributed by atoms with Gasteiger partial charge in [0.25, 0.3) is 0 Å². The highest BCUT2D eigenvalue weighted by Gasteiger charge is 2.33. The molecule has 5 heteroatoms. The molecule has 0 radical (unpaired) electrons. The summed E-state index contributed by atoms with van der Waals surface area (Å²) < 4.78 is 0. The van der Waals surface area contributed by atoms with Crippen molar-refractivity contribution < 1.29 is 14.7 Å². The molecule has 0 aromatic heterocycles. The minimum Gasteiger partial charge on any atom is -0.388 e. The zero-order chi connectivity index (χ0) is 17.8. The Morgan fingerprint density at radius 2 is 1.74 bits per heavy atom. The Morgan fingerprint density at radius 3 is 2.17 bits per heavy atom. The molecule has 2 amide bonds. The van der Waals surface area contributed by atoms with Gasteiger partial charge in [0.15, 0.2) is 0 Å². The molecule has 134 valence electrons. The Bertz CT molecular complexity index is 418. The summed E-state index contributed by atoms with van der Waals surface area (Å²) >= 11 is 0. The molecule has 1 rings (SSSR count). The van der Waals surface area contributed by atoms with Crippen LogP contribution < -0.4 is 5.32 Å². The molecule has 2 N–H and O–H groups in total. The number of hydrogen-bond donors (Lipinski definition) is 2. The summed E-state index contributed by atoms with van der Waals surface area (Å²) in [5, 5.41) is 13.3. The molecule has 2 unspecified atom stereocenters. The van der Waals surface area contributed by atoms with Gasteiger partial charge in [-0.15, -0.1) is 0 Å². The van der Waals surface area contributed by atoms with Gasteiger partial charge >= 0.3 is 0 Å². The van der Waals surface area contributed by atoms with Gasteiger partial charge < -0.3 is 15.3 Å². The fraction of sp³-hybridized carbons (Fsp3) is 0.889. The van der Waals surface area contributed by atoms with Crippen LogP contribution in [0.5, 0.6) is 0 Å². The standard InChI is InChI=1S/C18H34N2O3/c1-7-13(2)18(6,23)12-19-15(21)14-8-10-20(11-9-14)16(22)17(3,4)5/h13-14,23H,7-12H2,1-6H3,(H,19,21). The lowest BCUT2D eigenvalue weighted by molar-refractivity contribution is -0.142. The molecule has 0 aliphatic carbocycles. The van der Waals surface area contributed by atoms with Crippen LogP contribution in [0.2, 0.25) is 0 Å². The average Bonchev–Trinajstić information content (AvgIpc) is 2.50. The van der Waals surface area contributed by atoms with Crippen molar-refractivity contribution in [3.05, 3.63) is 0 Å². The van der Waals surface area contributed by atoms with E-state index < -0.39 is 5.60 Å². The minimum absolute atomic E-state index is 0.00330. The molecule has 23 heavy (non-hydrogen) atoms. The Kier molecular flexibility index (Phi) is 6.63. The van der Waals surface area contributed by atoms with Crippen LogP contribution in [0.25, 0.3) is 0 Å². The molecule has 0 aromatic carbocycles. The van der Waals surface area contributed by atoms with Crippen LogP contribution in [0.15, 0.2) is 0 Å². The first-order valence-electron chi connectivity index (χ1n) is 8.78. The summed E-state index contributed by atoms with van der Waals surface area (Å²) in [6.07, 6.45) is 2.26. The van der Waals surface area contributed by atoms with Gasteiger partial charge in [0.1, 0.15) is 0 Å². The summed E-state index contributed by atoms with van der Waals surface area (Å²) in [6, 6.07) is 0. The Balaban J connectivity index is 2.46. The second-order valence-corrected chi connectivity index (χ2v) is 8.20. The SMILES string of the molecule is CCC(C)C(C)(O)CNC(=O)C1CCN(C(=O)C(C)(C)C)CC1. The van der Waals surface area contributed by atoms with Gasteiger partial charge in [0.05, 0.1) is 5.60 Å². The summed E-state index contributed by atoms with van der Waals surface area (Å²) in [5.74, 6) is 0.216. The van der Waals surface area contributed by atoms with Crippen LogP contribution in [0.1, 0.15) is 60.8 Å².